The van der Waals surface area contributed by atoms with Crippen molar-refractivity contribution in [2.75, 3.05) is 19.9 Å². The molecule has 136 valence electrons. The van der Waals surface area contributed by atoms with E-state index < -0.39 is 0 Å². The zero-order chi connectivity index (χ0) is 18.2. The average molecular weight is 353 g/mol. The molecule has 0 saturated heterocycles. The lowest BCUT2D eigenvalue weighted by molar-refractivity contribution is -0.114. The van der Waals surface area contributed by atoms with Gasteiger partial charge in [0.25, 0.3) is 0 Å². The van der Waals surface area contributed by atoms with Gasteiger partial charge in [0.15, 0.2) is 17.3 Å². The monoisotopic (exact) mass is 353 g/mol. The number of fused-ring (bicyclic) bond motifs is 1. The highest BCUT2D eigenvalue weighted by molar-refractivity contribution is 5.93. The van der Waals surface area contributed by atoms with Crippen LogP contribution in [0.5, 0.6) is 17.2 Å². The molecule has 0 bridgehead atoms. The number of aryl methyl sites for hydroxylation is 1. The van der Waals surface area contributed by atoms with E-state index in [0.717, 1.165) is 36.4 Å². The molecule has 0 saturated carbocycles. The van der Waals surface area contributed by atoms with Crippen LogP contribution >= 0.6 is 0 Å². The predicted molar refractivity (Wildman–Crippen MR) is 101 cm³/mol. The maximum absolute atomic E-state index is 11.8. The number of benzene rings is 2. The van der Waals surface area contributed by atoms with Gasteiger partial charge in [0.1, 0.15) is 5.75 Å². The summed E-state index contributed by atoms with van der Waals surface area (Å²) in [6, 6.07) is 12.8. The number of phenols is 1. The first-order valence-corrected chi connectivity index (χ1v) is 8.80. The number of carbonyl (C=O) groups is 1. The Kier molecular flexibility index (Phi) is 6.28. The minimum atomic E-state index is 0.0846. The van der Waals surface area contributed by atoms with Gasteiger partial charge in [0, 0.05) is 13.0 Å². The Morgan fingerprint density at radius 2 is 1.88 bits per heavy atom. The molecule has 2 aromatic carbocycles. The van der Waals surface area contributed by atoms with Crippen LogP contribution in [0.2, 0.25) is 0 Å². The van der Waals surface area contributed by atoms with Gasteiger partial charge in [0.2, 0.25) is 6.79 Å². The van der Waals surface area contributed by atoms with Crippen LogP contribution in [-0.4, -0.2) is 30.8 Å². The van der Waals surface area contributed by atoms with E-state index in [4.69, 9.17) is 9.47 Å². The van der Waals surface area contributed by atoms with Crippen molar-refractivity contribution in [1.82, 2.24) is 5.32 Å². The van der Waals surface area contributed by atoms with Crippen LogP contribution in [0.1, 0.15) is 24.0 Å². The maximum atomic E-state index is 11.8. The molecule has 2 aromatic rings. The van der Waals surface area contributed by atoms with E-state index in [1.54, 1.807) is 36.4 Å². The van der Waals surface area contributed by atoms with Gasteiger partial charge in [-0.05, 0) is 60.9 Å². The highest BCUT2D eigenvalue weighted by Crippen LogP contribution is 2.32. The lowest BCUT2D eigenvalue weighted by Crippen LogP contribution is -2.19. The molecule has 0 unspecified atom stereocenters. The Morgan fingerprint density at radius 1 is 1.08 bits per heavy atom. The fourth-order valence-corrected chi connectivity index (χ4v) is 2.71. The first kappa shape index (κ1) is 18.0. The highest BCUT2D eigenvalue weighted by atomic mass is 16.7. The van der Waals surface area contributed by atoms with Crippen molar-refractivity contribution < 1.29 is 19.4 Å². The van der Waals surface area contributed by atoms with Gasteiger partial charge in [0.05, 0.1) is 0 Å². The van der Waals surface area contributed by atoms with E-state index in [2.05, 4.69) is 11.4 Å². The molecule has 0 radical (unpaired) electrons. The number of hydrogen-bond acceptors (Lipinski definition) is 5. The van der Waals surface area contributed by atoms with Crippen molar-refractivity contribution >= 4 is 11.9 Å². The summed E-state index contributed by atoms with van der Waals surface area (Å²) in [4.78, 5) is 11.8. The summed E-state index contributed by atoms with van der Waals surface area (Å²) in [7, 11) is 0. The molecule has 0 fully saturated rings. The number of nitrogens with one attached hydrogen (secondary N) is 1. The van der Waals surface area contributed by atoms with Gasteiger partial charge < -0.3 is 19.9 Å². The van der Waals surface area contributed by atoms with Gasteiger partial charge in [-0.3, -0.25) is 4.79 Å². The normalized spacial score (nSPS) is 12.6. The van der Waals surface area contributed by atoms with Crippen LogP contribution in [-0.2, 0) is 11.2 Å². The number of allylic oxidation sites excluding steroid dienone is 1. The highest BCUT2D eigenvalue weighted by Gasteiger charge is 2.12. The number of rotatable bonds is 9. The Morgan fingerprint density at radius 3 is 2.73 bits per heavy atom. The average Bonchev–Trinajstić information content (AvgIpc) is 3.12. The first-order chi connectivity index (χ1) is 12.7. The van der Waals surface area contributed by atoms with Gasteiger partial charge in [-0.1, -0.05) is 24.3 Å². The predicted octanol–water partition coefficient (Wildman–Crippen LogP) is 3.32. The van der Waals surface area contributed by atoms with E-state index in [-0.39, 0.29) is 11.5 Å². The minimum absolute atomic E-state index is 0.0846. The number of phenolic OH excluding ortho intramolecular Hbond substituents is 1. The number of carbonyl (C=O) groups excluding carboxylic acids is 1. The second-order valence-corrected chi connectivity index (χ2v) is 6.18. The molecule has 0 atom stereocenters. The summed E-state index contributed by atoms with van der Waals surface area (Å²) in [5, 5.41) is 12.5. The number of aromatic hydroxyl groups is 1. The third kappa shape index (κ3) is 5.36. The topological polar surface area (TPSA) is 67.8 Å². The summed E-state index contributed by atoms with van der Waals surface area (Å²) in [6.07, 6.45) is 5.77. The summed E-state index contributed by atoms with van der Waals surface area (Å²) < 4.78 is 10.7. The molecule has 0 aromatic heterocycles. The quantitative estimate of drug-likeness (QED) is 0.535. The minimum Gasteiger partial charge on any atom is -0.508 e. The largest absolute Gasteiger partial charge is 0.508 e. The van der Waals surface area contributed by atoms with E-state index in [0.29, 0.717) is 19.8 Å². The van der Waals surface area contributed by atoms with Gasteiger partial charge >= 0.3 is 0 Å². The number of ether oxygens (including phenoxy) is 2. The lowest BCUT2D eigenvalue weighted by atomic mass is 10.1. The van der Waals surface area contributed by atoms with Crippen LogP contribution in [0.4, 0.5) is 0 Å². The second kappa shape index (κ2) is 9.06. The van der Waals surface area contributed by atoms with Crippen molar-refractivity contribution in [3.05, 3.63) is 59.7 Å². The zero-order valence-electron chi connectivity index (χ0n) is 14.6. The molecule has 26 heavy (non-hydrogen) atoms. The van der Waals surface area contributed by atoms with Crippen LogP contribution in [0.3, 0.4) is 0 Å². The van der Waals surface area contributed by atoms with E-state index in [1.807, 2.05) is 12.1 Å². The van der Waals surface area contributed by atoms with E-state index >= 15 is 0 Å². The van der Waals surface area contributed by atoms with Crippen molar-refractivity contribution in [2.24, 2.45) is 0 Å². The summed E-state index contributed by atoms with van der Waals surface area (Å²) >= 11 is 0. The Labute approximate surface area is 153 Å². The first-order valence-electron chi connectivity index (χ1n) is 8.80. The molecular weight excluding hydrogens is 330 g/mol. The summed E-state index contributed by atoms with van der Waals surface area (Å²) in [5.41, 5.74) is 2.12. The third-order valence-electron chi connectivity index (χ3n) is 4.16. The van der Waals surface area contributed by atoms with Crippen LogP contribution in [0.15, 0.2) is 48.5 Å². The maximum Gasteiger partial charge on any atom is 0.231 e. The molecule has 5 nitrogen and oxygen atoms in total. The van der Waals surface area contributed by atoms with Gasteiger partial charge in [-0.15, -0.1) is 0 Å². The Hall–Kier alpha value is -2.79. The third-order valence-corrected chi connectivity index (χ3v) is 4.16. The molecule has 3 rings (SSSR count). The van der Waals surface area contributed by atoms with Crippen molar-refractivity contribution in [2.45, 2.75) is 19.3 Å². The fourth-order valence-electron chi connectivity index (χ4n) is 2.71. The molecule has 5 heteroatoms. The van der Waals surface area contributed by atoms with Crippen molar-refractivity contribution in [3.63, 3.8) is 0 Å². The summed E-state index contributed by atoms with van der Waals surface area (Å²) in [5.74, 6) is 1.94. The smallest absolute Gasteiger partial charge is 0.231 e. The molecule has 1 heterocycles. The second-order valence-electron chi connectivity index (χ2n) is 6.18. The lowest BCUT2D eigenvalue weighted by Gasteiger charge is -2.05. The standard InChI is InChI=1S/C21H23NO4/c23-18-7-3-16(4-8-18)5-9-19(24)11-13-22-12-1-2-17-6-10-20-21(14-17)26-15-25-20/h3-10,14,22-23H,1-2,11-13,15H2/b9-5+. The molecular formula is C21H23NO4. The Bertz CT molecular complexity index is 768. The number of ketones is 1. The van der Waals surface area contributed by atoms with Crippen LogP contribution < -0.4 is 14.8 Å². The van der Waals surface area contributed by atoms with Gasteiger partial charge in [-0.25, -0.2) is 0 Å². The van der Waals surface area contributed by atoms with Gasteiger partial charge in [-0.2, -0.15) is 0 Å². The zero-order valence-corrected chi connectivity index (χ0v) is 14.6. The Balaban J connectivity index is 1.29. The molecule has 1 aliphatic heterocycles. The van der Waals surface area contributed by atoms with Crippen molar-refractivity contribution in [3.8, 4) is 17.2 Å². The van der Waals surface area contributed by atoms with E-state index in [1.165, 1.54) is 5.56 Å². The van der Waals surface area contributed by atoms with Crippen LogP contribution in [0, 0.1) is 0 Å². The molecule has 0 spiro atoms. The van der Waals surface area contributed by atoms with Crippen LogP contribution in [0.25, 0.3) is 6.08 Å². The molecule has 0 amide bonds. The summed E-state index contributed by atoms with van der Waals surface area (Å²) in [6.45, 7) is 1.83. The molecule has 1 aliphatic rings. The fraction of sp³-hybridized carbons (Fsp3) is 0.286. The molecule has 0 aliphatic carbocycles. The number of hydrogen-bond donors (Lipinski definition) is 2. The molecule has 2 N–H and O–H groups in total. The van der Waals surface area contributed by atoms with E-state index in [9.17, 15) is 9.90 Å². The van der Waals surface area contributed by atoms with Crippen molar-refractivity contribution in [1.29, 1.82) is 0 Å². The SMILES string of the molecule is O=C(/C=C/c1ccc(O)cc1)CCNCCCc1ccc2c(c1)OCO2.